The quantitative estimate of drug-likeness (QED) is 0.792. The highest BCUT2D eigenvalue weighted by molar-refractivity contribution is 6.84. The summed E-state index contributed by atoms with van der Waals surface area (Å²) in [5, 5.41) is 9.24. The van der Waals surface area contributed by atoms with E-state index < -0.39 is 16.6 Å². The van der Waals surface area contributed by atoms with E-state index in [0.717, 1.165) is 0 Å². The van der Waals surface area contributed by atoms with Crippen molar-refractivity contribution in [3.63, 3.8) is 0 Å². The Bertz CT molecular complexity index is 347. The van der Waals surface area contributed by atoms with Crippen LogP contribution in [-0.2, 0) is 4.12 Å². The number of aliphatic hydroxyl groups excluding tert-OH is 1. The van der Waals surface area contributed by atoms with Gasteiger partial charge in [-0.3, -0.25) is 0 Å². The summed E-state index contributed by atoms with van der Waals surface area (Å²) in [4.78, 5) is 7.99. The molecule has 0 aliphatic carbocycles. The number of aromatic nitrogens is 2. The molecule has 0 amide bonds. The normalized spacial score (nSPS) is 12.5. The molecular formula is C10H20N2O3Si2. The summed E-state index contributed by atoms with van der Waals surface area (Å²) in [6.07, 6.45) is 3.91. The molecule has 7 heteroatoms. The minimum Gasteiger partial charge on any atom is -0.464 e. The molecular weight excluding hydrogens is 252 g/mol. The molecule has 0 aliphatic rings. The monoisotopic (exact) mass is 272 g/mol. The third-order valence-corrected chi connectivity index (χ3v) is 8.05. The largest absolute Gasteiger partial charge is 0.464 e. The Morgan fingerprint density at radius 2 is 1.71 bits per heavy atom. The maximum atomic E-state index is 9.24. The van der Waals surface area contributed by atoms with Crippen LogP contribution in [0.5, 0.6) is 6.01 Å². The zero-order chi connectivity index (χ0) is 12.9. The summed E-state index contributed by atoms with van der Waals surface area (Å²) in [5.41, 5.74) is 0. The molecule has 0 atom stereocenters. The number of aliphatic hydroxyl groups is 1. The Morgan fingerprint density at radius 3 is 2.24 bits per heavy atom. The number of ether oxygens (including phenoxy) is 1. The second-order valence-corrected chi connectivity index (χ2v) is 13.6. The van der Waals surface area contributed by atoms with Gasteiger partial charge in [-0.25, -0.2) is 9.97 Å². The molecule has 1 N–H and O–H groups in total. The van der Waals surface area contributed by atoms with E-state index in [1.165, 1.54) is 0 Å². The molecule has 0 radical (unpaired) electrons. The molecule has 0 saturated heterocycles. The Morgan fingerprint density at radius 1 is 1.12 bits per heavy atom. The van der Waals surface area contributed by atoms with Crippen LogP contribution >= 0.6 is 0 Å². The summed E-state index contributed by atoms with van der Waals surface area (Å²) in [6.45, 7) is 8.14. The minimum atomic E-state index is -1.95. The summed E-state index contributed by atoms with van der Waals surface area (Å²) in [6, 6.07) is 2.12. The van der Waals surface area contributed by atoms with E-state index in [-0.39, 0.29) is 6.23 Å². The number of hydrogen-bond donors (Lipinski definition) is 1. The van der Waals surface area contributed by atoms with Gasteiger partial charge in [0.05, 0.1) is 6.23 Å². The van der Waals surface area contributed by atoms with Gasteiger partial charge in [-0.2, -0.15) is 0 Å². The van der Waals surface area contributed by atoms with Crippen molar-refractivity contribution in [1.82, 2.24) is 9.97 Å². The lowest BCUT2D eigenvalue weighted by molar-refractivity contribution is 0.308. The van der Waals surface area contributed by atoms with Crippen molar-refractivity contribution in [1.29, 1.82) is 0 Å². The predicted octanol–water partition coefficient (Wildman–Crippen LogP) is 1.35. The molecule has 1 heterocycles. The molecule has 0 bridgehead atoms. The predicted molar refractivity (Wildman–Crippen MR) is 70.7 cm³/mol. The van der Waals surface area contributed by atoms with Crippen molar-refractivity contribution >= 4 is 16.6 Å². The Kier molecular flexibility index (Phi) is 4.81. The average molecular weight is 272 g/mol. The smallest absolute Gasteiger partial charge is 0.316 e. The first kappa shape index (κ1) is 14.3. The van der Waals surface area contributed by atoms with Crippen LogP contribution in [0.25, 0.3) is 0 Å². The third-order valence-electron chi connectivity index (χ3n) is 2.02. The van der Waals surface area contributed by atoms with Crippen LogP contribution in [0.15, 0.2) is 18.5 Å². The highest BCUT2D eigenvalue weighted by atomic mass is 28.4. The standard InChI is InChI=1S/C10H20N2O3Si2/c1-16(2,8-13)15-17(3,4)9-14-10-11-6-5-7-12-10/h5-7,13H,8-9H2,1-4H3. The molecule has 0 saturated carbocycles. The fourth-order valence-electron chi connectivity index (χ4n) is 1.41. The fraction of sp³-hybridized carbons (Fsp3) is 0.600. The molecule has 17 heavy (non-hydrogen) atoms. The van der Waals surface area contributed by atoms with Crippen LogP contribution in [0, 0.1) is 0 Å². The van der Waals surface area contributed by atoms with Crippen LogP contribution in [-0.4, -0.2) is 44.2 Å². The van der Waals surface area contributed by atoms with Crippen LogP contribution in [0.4, 0.5) is 0 Å². The van der Waals surface area contributed by atoms with Gasteiger partial charge in [0.25, 0.3) is 0 Å². The van der Waals surface area contributed by atoms with Crippen molar-refractivity contribution in [3.05, 3.63) is 18.5 Å². The van der Waals surface area contributed by atoms with Crippen molar-refractivity contribution in [2.45, 2.75) is 26.2 Å². The van der Waals surface area contributed by atoms with Gasteiger partial charge in [-0.1, -0.05) is 0 Å². The van der Waals surface area contributed by atoms with Crippen LogP contribution in [0.2, 0.25) is 26.2 Å². The van der Waals surface area contributed by atoms with Gasteiger partial charge >= 0.3 is 6.01 Å². The van der Waals surface area contributed by atoms with Gasteiger partial charge < -0.3 is 14.0 Å². The topological polar surface area (TPSA) is 64.5 Å². The maximum Gasteiger partial charge on any atom is 0.316 e. The van der Waals surface area contributed by atoms with E-state index in [1.807, 2.05) is 13.1 Å². The van der Waals surface area contributed by atoms with Gasteiger partial charge in [0.2, 0.25) is 8.32 Å². The summed E-state index contributed by atoms with van der Waals surface area (Å²) in [7, 11) is -3.90. The Labute approximate surface area is 104 Å². The van der Waals surface area contributed by atoms with Crippen LogP contribution < -0.4 is 4.74 Å². The van der Waals surface area contributed by atoms with Crippen molar-refractivity contribution in [2.24, 2.45) is 0 Å². The van der Waals surface area contributed by atoms with Gasteiger partial charge in [0.1, 0.15) is 6.23 Å². The molecule has 0 aliphatic heterocycles. The molecule has 0 aromatic carbocycles. The van der Waals surface area contributed by atoms with E-state index in [4.69, 9.17) is 8.85 Å². The summed E-state index contributed by atoms with van der Waals surface area (Å²) < 4.78 is 11.6. The zero-order valence-corrected chi connectivity index (χ0v) is 12.8. The van der Waals surface area contributed by atoms with E-state index in [9.17, 15) is 5.11 Å². The Hall–Kier alpha value is -0.766. The lowest BCUT2D eigenvalue weighted by Crippen LogP contribution is -2.50. The second kappa shape index (κ2) is 5.72. The lowest BCUT2D eigenvalue weighted by Gasteiger charge is -2.32. The zero-order valence-electron chi connectivity index (χ0n) is 10.8. The average Bonchev–Trinajstić information content (AvgIpc) is 2.27. The first-order chi connectivity index (χ1) is 7.85. The first-order valence-corrected chi connectivity index (χ1v) is 11.8. The van der Waals surface area contributed by atoms with Crippen LogP contribution in [0.1, 0.15) is 0 Å². The third kappa shape index (κ3) is 5.40. The van der Waals surface area contributed by atoms with Crippen molar-refractivity contribution < 1.29 is 14.0 Å². The first-order valence-electron chi connectivity index (χ1n) is 5.55. The van der Waals surface area contributed by atoms with E-state index in [0.29, 0.717) is 12.2 Å². The molecule has 0 unspecified atom stereocenters. The van der Waals surface area contributed by atoms with Crippen molar-refractivity contribution in [3.8, 4) is 6.01 Å². The van der Waals surface area contributed by atoms with Gasteiger partial charge in [0, 0.05) is 12.4 Å². The Balaban J connectivity index is 2.50. The summed E-state index contributed by atoms with van der Waals surface area (Å²) >= 11 is 0. The molecule has 1 rings (SSSR count). The SMILES string of the molecule is C[Si](C)(CO)O[Si](C)(C)COc1ncccn1. The highest BCUT2D eigenvalue weighted by Crippen LogP contribution is 2.14. The van der Waals surface area contributed by atoms with Gasteiger partial charge in [-0.05, 0) is 32.3 Å². The molecule has 96 valence electrons. The molecule has 0 spiro atoms. The fourth-order valence-corrected chi connectivity index (χ4v) is 8.36. The minimum absolute atomic E-state index is 0.130. The number of hydrogen-bond acceptors (Lipinski definition) is 5. The van der Waals surface area contributed by atoms with Gasteiger partial charge in [0.15, 0.2) is 8.32 Å². The molecule has 0 fully saturated rings. The summed E-state index contributed by atoms with van der Waals surface area (Å²) in [5.74, 6) is 0. The van der Waals surface area contributed by atoms with Crippen LogP contribution in [0.3, 0.4) is 0 Å². The second-order valence-electron chi connectivity index (χ2n) is 5.10. The van der Waals surface area contributed by atoms with E-state index in [1.54, 1.807) is 18.5 Å². The molecule has 1 aromatic rings. The molecule has 5 nitrogen and oxygen atoms in total. The maximum absolute atomic E-state index is 9.24. The highest BCUT2D eigenvalue weighted by Gasteiger charge is 2.33. The lowest BCUT2D eigenvalue weighted by atomic mass is 10.7. The van der Waals surface area contributed by atoms with Crippen molar-refractivity contribution in [2.75, 3.05) is 12.5 Å². The molecule has 1 aromatic heterocycles. The number of rotatable bonds is 6. The van der Waals surface area contributed by atoms with E-state index >= 15 is 0 Å². The number of nitrogens with zero attached hydrogens (tertiary/aromatic N) is 2. The van der Waals surface area contributed by atoms with E-state index in [2.05, 4.69) is 23.1 Å². The van der Waals surface area contributed by atoms with Gasteiger partial charge in [-0.15, -0.1) is 0 Å².